The molecule has 0 saturated heterocycles. The fourth-order valence-corrected chi connectivity index (χ4v) is 2.42. The van der Waals surface area contributed by atoms with Gasteiger partial charge in [0.2, 0.25) is 5.91 Å². The molecule has 106 valence electrons. The van der Waals surface area contributed by atoms with E-state index in [1.54, 1.807) is 18.2 Å². The number of carbonyl (C=O) groups excluding carboxylic acids is 1. The summed E-state index contributed by atoms with van der Waals surface area (Å²) < 4.78 is 0. The Kier molecular flexibility index (Phi) is 4.93. The van der Waals surface area contributed by atoms with Gasteiger partial charge in [0, 0.05) is 6.54 Å². The summed E-state index contributed by atoms with van der Waals surface area (Å²) in [6.07, 6.45) is 7.61. The van der Waals surface area contributed by atoms with E-state index in [1.165, 1.54) is 6.07 Å². The smallest absolute Gasteiger partial charge is 0.335 e. The second-order valence-corrected chi connectivity index (χ2v) is 5.09. The summed E-state index contributed by atoms with van der Waals surface area (Å²) in [5.41, 5.74) is 0.754. The number of allylic oxidation sites excluding steroid dienone is 2. The standard InChI is InChI=1S/C16H19NO3/c18-15(17-11-12-6-2-1-3-7-12)10-13-8-4-5-9-14(13)16(19)20/h1-2,4-5,8-9,12H,3,6-7,10-11H2,(H,17,18)(H,19,20). The molecule has 2 rings (SSSR count). The van der Waals surface area contributed by atoms with Gasteiger partial charge in [-0.15, -0.1) is 0 Å². The third kappa shape index (κ3) is 3.95. The van der Waals surface area contributed by atoms with Gasteiger partial charge < -0.3 is 10.4 Å². The first-order chi connectivity index (χ1) is 9.66. The molecule has 4 nitrogen and oxygen atoms in total. The Labute approximate surface area is 118 Å². The van der Waals surface area contributed by atoms with Crippen LogP contribution in [-0.2, 0) is 11.2 Å². The molecular formula is C16H19NO3. The quantitative estimate of drug-likeness (QED) is 0.810. The minimum absolute atomic E-state index is 0.116. The number of benzene rings is 1. The van der Waals surface area contributed by atoms with Crippen molar-refractivity contribution >= 4 is 11.9 Å². The second kappa shape index (κ2) is 6.89. The van der Waals surface area contributed by atoms with Crippen LogP contribution in [0.2, 0.25) is 0 Å². The van der Waals surface area contributed by atoms with Gasteiger partial charge in [-0.25, -0.2) is 4.79 Å². The van der Waals surface area contributed by atoms with Gasteiger partial charge in [-0.3, -0.25) is 4.79 Å². The number of carbonyl (C=O) groups is 2. The number of hydrogen-bond acceptors (Lipinski definition) is 2. The van der Waals surface area contributed by atoms with Gasteiger partial charge in [-0.2, -0.15) is 0 Å². The lowest BCUT2D eigenvalue weighted by Gasteiger charge is -2.18. The fourth-order valence-electron chi connectivity index (χ4n) is 2.42. The summed E-state index contributed by atoms with van der Waals surface area (Å²) in [5.74, 6) is -0.613. The van der Waals surface area contributed by atoms with Crippen molar-refractivity contribution in [1.82, 2.24) is 5.32 Å². The van der Waals surface area contributed by atoms with E-state index in [2.05, 4.69) is 17.5 Å². The monoisotopic (exact) mass is 273 g/mol. The van der Waals surface area contributed by atoms with Crippen molar-refractivity contribution in [2.45, 2.75) is 25.7 Å². The van der Waals surface area contributed by atoms with Crippen molar-refractivity contribution in [3.63, 3.8) is 0 Å². The molecule has 1 aliphatic carbocycles. The summed E-state index contributed by atoms with van der Waals surface area (Å²) in [4.78, 5) is 23.0. The van der Waals surface area contributed by atoms with E-state index >= 15 is 0 Å². The van der Waals surface area contributed by atoms with E-state index in [4.69, 9.17) is 5.11 Å². The zero-order chi connectivity index (χ0) is 14.4. The third-order valence-corrected chi connectivity index (χ3v) is 3.56. The highest BCUT2D eigenvalue weighted by molar-refractivity contribution is 5.91. The number of nitrogens with one attached hydrogen (secondary N) is 1. The van der Waals surface area contributed by atoms with E-state index in [9.17, 15) is 9.59 Å². The lowest BCUT2D eigenvalue weighted by atomic mass is 9.94. The first-order valence-corrected chi connectivity index (χ1v) is 6.89. The summed E-state index contributed by atoms with van der Waals surface area (Å²) in [6, 6.07) is 6.63. The molecule has 0 saturated carbocycles. The lowest BCUT2D eigenvalue weighted by molar-refractivity contribution is -0.120. The molecule has 0 spiro atoms. The zero-order valence-corrected chi connectivity index (χ0v) is 11.3. The van der Waals surface area contributed by atoms with Crippen molar-refractivity contribution < 1.29 is 14.7 Å². The van der Waals surface area contributed by atoms with Gasteiger partial charge in [0.1, 0.15) is 0 Å². The molecule has 2 N–H and O–H groups in total. The predicted molar refractivity (Wildman–Crippen MR) is 76.6 cm³/mol. The van der Waals surface area contributed by atoms with Crippen LogP contribution in [0.1, 0.15) is 35.2 Å². The van der Waals surface area contributed by atoms with Crippen LogP contribution < -0.4 is 5.32 Å². The number of amides is 1. The molecule has 0 aliphatic heterocycles. The van der Waals surface area contributed by atoms with Crippen LogP contribution in [0.3, 0.4) is 0 Å². The van der Waals surface area contributed by atoms with Crippen LogP contribution in [0.4, 0.5) is 0 Å². The molecule has 0 heterocycles. The van der Waals surface area contributed by atoms with Crippen LogP contribution in [-0.4, -0.2) is 23.5 Å². The third-order valence-electron chi connectivity index (χ3n) is 3.56. The molecule has 1 aromatic rings. The van der Waals surface area contributed by atoms with Gasteiger partial charge in [-0.1, -0.05) is 30.4 Å². The maximum absolute atomic E-state index is 11.9. The fraction of sp³-hybridized carbons (Fsp3) is 0.375. The molecular weight excluding hydrogens is 254 g/mol. The first-order valence-electron chi connectivity index (χ1n) is 6.89. The van der Waals surface area contributed by atoms with Crippen LogP contribution in [0.25, 0.3) is 0 Å². The average Bonchev–Trinajstić information content (AvgIpc) is 2.46. The topological polar surface area (TPSA) is 66.4 Å². The molecule has 1 aromatic carbocycles. The van der Waals surface area contributed by atoms with Gasteiger partial charge in [-0.05, 0) is 36.8 Å². The van der Waals surface area contributed by atoms with E-state index in [0.717, 1.165) is 19.3 Å². The van der Waals surface area contributed by atoms with Crippen molar-refractivity contribution in [3.05, 3.63) is 47.5 Å². The molecule has 0 fully saturated rings. The minimum Gasteiger partial charge on any atom is -0.478 e. The van der Waals surface area contributed by atoms with Crippen molar-refractivity contribution in [2.75, 3.05) is 6.54 Å². The maximum Gasteiger partial charge on any atom is 0.335 e. The van der Waals surface area contributed by atoms with Gasteiger partial charge in [0.15, 0.2) is 0 Å². The normalized spacial score (nSPS) is 17.7. The Morgan fingerprint density at radius 1 is 1.25 bits per heavy atom. The van der Waals surface area contributed by atoms with Crippen molar-refractivity contribution in [3.8, 4) is 0 Å². The molecule has 1 aliphatic rings. The molecule has 1 amide bonds. The Morgan fingerprint density at radius 3 is 2.75 bits per heavy atom. The number of carboxylic acids is 1. The molecule has 1 unspecified atom stereocenters. The number of carboxylic acid groups (broad SMARTS) is 1. The summed E-state index contributed by atoms with van der Waals surface area (Å²) in [5, 5.41) is 12.0. The molecule has 0 aromatic heterocycles. The van der Waals surface area contributed by atoms with Crippen molar-refractivity contribution in [2.24, 2.45) is 5.92 Å². The highest BCUT2D eigenvalue weighted by Crippen LogP contribution is 2.17. The van der Waals surface area contributed by atoms with Gasteiger partial charge in [0.05, 0.1) is 12.0 Å². The maximum atomic E-state index is 11.9. The highest BCUT2D eigenvalue weighted by atomic mass is 16.4. The van der Waals surface area contributed by atoms with Crippen LogP contribution in [0.5, 0.6) is 0 Å². The van der Waals surface area contributed by atoms with Crippen LogP contribution in [0, 0.1) is 5.92 Å². The van der Waals surface area contributed by atoms with Crippen LogP contribution >= 0.6 is 0 Å². The number of hydrogen-bond donors (Lipinski definition) is 2. The Bertz CT molecular complexity index is 522. The van der Waals surface area contributed by atoms with Crippen molar-refractivity contribution in [1.29, 1.82) is 0 Å². The molecule has 0 radical (unpaired) electrons. The Balaban J connectivity index is 1.88. The molecule has 20 heavy (non-hydrogen) atoms. The largest absolute Gasteiger partial charge is 0.478 e. The van der Waals surface area contributed by atoms with Crippen LogP contribution in [0.15, 0.2) is 36.4 Å². The number of rotatable bonds is 5. The van der Waals surface area contributed by atoms with Gasteiger partial charge in [0.25, 0.3) is 0 Å². The number of aromatic carboxylic acids is 1. The average molecular weight is 273 g/mol. The van der Waals surface area contributed by atoms with Gasteiger partial charge >= 0.3 is 5.97 Å². The first kappa shape index (κ1) is 14.3. The summed E-state index contributed by atoms with van der Waals surface area (Å²) in [7, 11) is 0. The Hall–Kier alpha value is -2.10. The van der Waals surface area contributed by atoms with E-state index < -0.39 is 5.97 Å². The molecule has 4 heteroatoms. The lowest BCUT2D eigenvalue weighted by Crippen LogP contribution is -2.31. The van der Waals surface area contributed by atoms with E-state index in [-0.39, 0.29) is 17.9 Å². The predicted octanol–water partition coefficient (Wildman–Crippen LogP) is 2.40. The zero-order valence-electron chi connectivity index (χ0n) is 11.3. The second-order valence-electron chi connectivity index (χ2n) is 5.09. The Morgan fingerprint density at radius 2 is 2.05 bits per heavy atom. The molecule has 0 bridgehead atoms. The van der Waals surface area contributed by atoms with E-state index in [1.807, 2.05) is 0 Å². The minimum atomic E-state index is -0.995. The summed E-state index contributed by atoms with van der Waals surface area (Å²) in [6.45, 7) is 0.665. The SMILES string of the molecule is O=C(Cc1ccccc1C(=O)O)NCC1CC=CCC1. The van der Waals surface area contributed by atoms with E-state index in [0.29, 0.717) is 18.0 Å². The molecule has 1 atom stereocenters. The summed E-state index contributed by atoms with van der Waals surface area (Å²) >= 11 is 0. The highest BCUT2D eigenvalue weighted by Gasteiger charge is 2.14.